The van der Waals surface area contributed by atoms with E-state index >= 15 is 0 Å². The minimum atomic E-state index is -3.48. The van der Waals surface area contributed by atoms with Crippen molar-refractivity contribution in [1.29, 1.82) is 0 Å². The van der Waals surface area contributed by atoms with Crippen LogP contribution in [0.3, 0.4) is 0 Å². The first-order chi connectivity index (χ1) is 13.9. The lowest BCUT2D eigenvalue weighted by Gasteiger charge is -2.36. The monoisotopic (exact) mass is 491 g/mol. The van der Waals surface area contributed by atoms with Crippen molar-refractivity contribution < 1.29 is 12.8 Å². The predicted octanol–water partition coefficient (Wildman–Crippen LogP) is 4.54. The van der Waals surface area contributed by atoms with Crippen LogP contribution in [0.1, 0.15) is 18.4 Å². The number of thiophene rings is 1. The highest BCUT2D eigenvalue weighted by atomic mass is 35.5. The van der Waals surface area contributed by atoms with Crippen molar-refractivity contribution in [1.82, 2.24) is 9.21 Å². The van der Waals surface area contributed by atoms with Crippen LogP contribution in [0.4, 0.5) is 10.1 Å². The Labute approximate surface area is 192 Å². The third-order valence-corrected chi connectivity index (χ3v) is 8.91. The predicted molar refractivity (Wildman–Crippen MR) is 124 cm³/mol. The summed E-state index contributed by atoms with van der Waals surface area (Å²) in [5, 5.41) is 0. The van der Waals surface area contributed by atoms with E-state index < -0.39 is 10.0 Å². The quantitative estimate of drug-likeness (QED) is 0.556. The van der Waals surface area contributed by atoms with E-state index in [-0.39, 0.29) is 18.2 Å². The minimum absolute atomic E-state index is 0. The number of unbranched alkanes of at least 4 members (excludes halogenated alkanes) is 1. The lowest BCUT2D eigenvalue weighted by Crippen LogP contribution is -2.47. The maximum atomic E-state index is 13.9. The number of benzene rings is 1. The molecule has 3 heterocycles. The third kappa shape index (κ3) is 4.94. The highest BCUT2D eigenvalue weighted by Crippen LogP contribution is 2.36. The summed E-state index contributed by atoms with van der Waals surface area (Å²) >= 11 is 7.08. The molecule has 0 spiro atoms. The molecule has 1 saturated heterocycles. The number of rotatable bonds is 6. The van der Waals surface area contributed by atoms with Crippen LogP contribution in [0, 0.1) is 5.82 Å². The third-order valence-electron chi connectivity index (χ3n) is 5.33. The molecule has 10 heteroatoms. The highest BCUT2D eigenvalue weighted by molar-refractivity contribution is 7.91. The number of sulfonamides is 1. The molecule has 5 nitrogen and oxygen atoms in total. The summed E-state index contributed by atoms with van der Waals surface area (Å²) in [5.74, 6) is -0.174. The number of fused-ring (bicyclic) bond motifs is 1. The van der Waals surface area contributed by atoms with Crippen molar-refractivity contribution >= 4 is 57.1 Å². The topological polar surface area (TPSA) is 43.9 Å². The molecule has 0 aliphatic carbocycles. The number of nitrogens with zero attached hydrogens (tertiary/aromatic N) is 3. The van der Waals surface area contributed by atoms with E-state index in [2.05, 4.69) is 9.80 Å². The van der Waals surface area contributed by atoms with Gasteiger partial charge < -0.3 is 4.90 Å². The summed E-state index contributed by atoms with van der Waals surface area (Å²) in [6.07, 6.45) is 5.14. The summed E-state index contributed by atoms with van der Waals surface area (Å²) < 4.78 is 41.5. The fourth-order valence-electron chi connectivity index (χ4n) is 3.74. The van der Waals surface area contributed by atoms with E-state index in [1.165, 1.54) is 10.4 Å². The van der Waals surface area contributed by atoms with Crippen molar-refractivity contribution in [3.05, 3.63) is 52.2 Å². The van der Waals surface area contributed by atoms with Gasteiger partial charge in [0.1, 0.15) is 10.0 Å². The molecule has 0 bridgehead atoms. The van der Waals surface area contributed by atoms with Crippen molar-refractivity contribution in [2.75, 3.05) is 44.2 Å². The molecule has 2 aliphatic heterocycles. The van der Waals surface area contributed by atoms with Crippen molar-refractivity contribution in [2.45, 2.75) is 17.1 Å². The zero-order valence-electron chi connectivity index (χ0n) is 16.3. The Morgan fingerprint density at radius 2 is 1.77 bits per heavy atom. The maximum absolute atomic E-state index is 13.9. The molecular formula is C20H24Cl2FN3O2S2. The zero-order chi connectivity index (χ0) is 20.4. The molecule has 1 fully saturated rings. The van der Waals surface area contributed by atoms with Crippen LogP contribution in [0.2, 0.25) is 4.34 Å². The Bertz CT molecular complexity index is 1010. The fraction of sp³-hybridized carbons (Fsp3) is 0.400. The Hall–Kier alpha value is -1.32. The lowest BCUT2D eigenvalue weighted by molar-refractivity contribution is 0.250. The maximum Gasteiger partial charge on any atom is 0.273 e. The standard InChI is InChI=1S/C20H23ClFN3O2S2.ClH/c21-19-15-16-7-10-25(29(26,27)20(16)28-19)9-4-3-8-23-11-13-24(14-12-23)18-6-2-1-5-17(18)22;/h1-2,5-7,10,15H,3-4,8-9,11-14H2;1H. The smallest absolute Gasteiger partial charge is 0.273 e. The summed E-state index contributed by atoms with van der Waals surface area (Å²) in [7, 11) is -3.48. The number of para-hydroxylation sites is 1. The average molecular weight is 492 g/mol. The minimum Gasteiger partial charge on any atom is -0.367 e. The molecule has 164 valence electrons. The van der Waals surface area contributed by atoms with E-state index in [4.69, 9.17) is 11.6 Å². The Kier molecular flexibility index (Phi) is 7.68. The van der Waals surface area contributed by atoms with Crippen LogP contribution in [0.15, 0.2) is 40.7 Å². The summed E-state index contributed by atoms with van der Waals surface area (Å²) in [5.41, 5.74) is 1.34. The molecule has 1 aromatic heterocycles. The van der Waals surface area contributed by atoms with Gasteiger partial charge in [-0.2, -0.15) is 0 Å². The average Bonchev–Trinajstić information content (AvgIpc) is 3.10. The summed E-state index contributed by atoms with van der Waals surface area (Å²) in [4.78, 5) is 4.44. The van der Waals surface area contributed by atoms with Gasteiger partial charge in [0.15, 0.2) is 0 Å². The number of hydrogen-bond donors (Lipinski definition) is 0. The summed E-state index contributed by atoms with van der Waals surface area (Å²) in [6.45, 7) is 4.74. The van der Waals surface area contributed by atoms with Crippen molar-refractivity contribution in [3.8, 4) is 0 Å². The van der Waals surface area contributed by atoms with Crippen molar-refractivity contribution in [3.63, 3.8) is 0 Å². The molecular weight excluding hydrogens is 468 g/mol. The molecule has 4 rings (SSSR count). The zero-order valence-corrected chi connectivity index (χ0v) is 19.5. The first-order valence-corrected chi connectivity index (χ1v) is 12.3. The van der Waals surface area contributed by atoms with E-state index in [1.54, 1.807) is 24.4 Å². The number of halogens is 3. The molecule has 2 aromatic rings. The van der Waals surface area contributed by atoms with Crippen LogP contribution < -0.4 is 4.90 Å². The van der Waals surface area contributed by atoms with Crippen LogP contribution in [0.5, 0.6) is 0 Å². The molecule has 0 unspecified atom stereocenters. The first kappa shape index (κ1) is 23.3. The lowest BCUT2D eigenvalue weighted by atomic mass is 10.2. The second kappa shape index (κ2) is 9.87. The van der Waals surface area contributed by atoms with Gasteiger partial charge in [-0.15, -0.1) is 23.7 Å². The summed E-state index contributed by atoms with van der Waals surface area (Å²) in [6, 6.07) is 8.58. The van der Waals surface area contributed by atoms with Crippen LogP contribution >= 0.6 is 35.3 Å². The Morgan fingerprint density at radius 3 is 2.50 bits per heavy atom. The van der Waals surface area contributed by atoms with Gasteiger partial charge in [-0.3, -0.25) is 9.21 Å². The normalized spacial score (nSPS) is 18.2. The van der Waals surface area contributed by atoms with Gasteiger partial charge in [0.05, 0.1) is 10.0 Å². The number of piperazine rings is 1. The van der Waals surface area contributed by atoms with Gasteiger partial charge in [-0.05, 0) is 43.7 Å². The van der Waals surface area contributed by atoms with Crippen LogP contribution in [-0.4, -0.2) is 56.9 Å². The molecule has 30 heavy (non-hydrogen) atoms. The molecule has 0 atom stereocenters. The van der Waals surface area contributed by atoms with Gasteiger partial charge in [-0.25, -0.2) is 12.8 Å². The van der Waals surface area contributed by atoms with Gasteiger partial charge >= 0.3 is 0 Å². The van der Waals surface area contributed by atoms with E-state index in [0.717, 1.165) is 56.9 Å². The Morgan fingerprint density at radius 1 is 1.07 bits per heavy atom. The van der Waals surface area contributed by atoms with E-state index in [9.17, 15) is 12.8 Å². The van der Waals surface area contributed by atoms with E-state index in [0.29, 0.717) is 26.3 Å². The molecule has 0 radical (unpaired) electrons. The number of hydrogen-bond acceptors (Lipinski definition) is 5. The second-order valence-corrected chi connectivity index (χ2v) is 11.0. The number of anilines is 1. The van der Waals surface area contributed by atoms with Crippen LogP contribution in [-0.2, 0) is 10.0 Å². The molecule has 1 aromatic carbocycles. The van der Waals surface area contributed by atoms with Gasteiger partial charge in [0.2, 0.25) is 0 Å². The molecule has 0 amide bonds. The fourth-order valence-corrected chi connectivity index (χ4v) is 7.04. The molecule has 2 aliphatic rings. The Balaban J connectivity index is 0.00000256. The van der Waals surface area contributed by atoms with Gasteiger partial charge in [-0.1, -0.05) is 23.7 Å². The molecule has 0 N–H and O–H groups in total. The highest BCUT2D eigenvalue weighted by Gasteiger charge is 2.29. The van der Waals surface area contributed by atoms with Crippen LogP contribution in [0.25, 0.3) is 6.08 Å². The van der Waals surface area contributed by atoms with E-state index in [1.807, 2.05) is 12.1 Å². The second-order valence-electron chi connectivity index (χ2n) is 7.21. The van der Waals surface area contributed by atoms with Gasteiger partial charge in [0, 0.05) is 44.5 Å². The largest absolute Gasteiger partial charge is 0.367 e. The van der Waals surface area contributed by atoms with Crippen molar-refractivity contribution in [2.24, 2.45) is 0 Å². The molecule has 0 saturated carbocycles. The first-order valence-electron chi connectivity index (χ1n) is 9.66. The van der Waals surface area contributed by atoms with Gasteiger partial charge in [0.25, 0.3) is 10.0 Å². The SMILES string of the molecule is Cl.O=S1(=O)c2sc(Cl)cc2C=CN1CCCCN1CCN(c2ccccc2F)CC1.